The van der Waals surface area contributed by atoms with Crippen molar-refractivity contribution in [1.29, 1.82) is 0 Å². The Hall–Kier alpha value is -0.250. The molecule has 0 saturated carbocycles. The summed E-state index contributed by atoms with van der Waals surface area (Å²) in [5.74, 6) is 0.132. The highest BCUT2D eigenvalue weighted by molar-refractivity contribution is 14.1. The number of nitrogens with zero attached hydrogens (tertiary/aromatic N) is 2. The number of thiocarbonyl (C=S) groups is 1. The van der Waals surface area contributed by atoms with Gasteiger partial charge in [-0.1, -0.05) is 19.1 Å². The summed E-state index contributed by atoms with van der Waals surface area (Å²) in [6, 6.07) is 2.11. The van der Waals surface area contributed by atoms with E-state index in [9.17, 15) is 4.79 Å². The summed E-state index contributed by atoms with van der Waals surface area (Å²) in [5, 5.41) is 1.93. The van der Waals surface area contributed by atoms with E-state index in [-0.39, 0.29) is 11.9 Å². The van der Waals surface area contributed by atoms with Crippen molar-refractivity contribution >= 4 is 57.0 Å². The molecule has 2 N–H and O–H groups in total. The fourth-order valence-corrected chi connectivity index (χ4v) is 4.12. The summed E-state index contributed by atoms with van der Waals surface area (Å²) in [4.78, 5) is 17.1. The van der Waals surface area contributed by atoms with Gasteiger partial charge < -0.3 is 10.6 Å². The van der Waals surface area contributed by atoms with E-state index in [0.717, 1.165) is 41.0 Å². The quantitative estimate of drug-likeness (QED) is 0.596. The van der Waals surface area contributed by atoms with Crippen LogP contribution in [0.1, 0.15) is 23.7 Å². The first-order valence-electron chi connectivity index (χ1n) is 6.59. The van der Waals surface area contributed by atoms with Gasteiger partial charge in [-0.2, -0.15) is 0 Å². The number of nitrogens with two attached hydrogens (primary N) is 1. The number of carbonyl (C=O) groups is 1. The second-order valence-electron chi connectivity index (χ2n) is 4.79. The molecule has 1 fully saturated rings. The highest BCUT2D eigenvalue weighted by atomic mass is 127. The van der Waals surface area contributed by atoms with Crippen LogP contribution in [0.4, 0.5) is 0 Å². The summed E-state index contributed by atoms with van der Waals surface area (Å²) in [7, 11) is 0. The monoisotopic (exact) mass is 423 g/mol. The molecule has 4 nitrogen and oxygen atoms in total. The standard InChI is InChI=1S/C13H18IN3OS2/c1-2-10(12(15)19)16-3-5-17(6-4-16)13(18)9-7-11(14)20-8-9/h7-8,10H,2-6H2,1H3,(H2,15,19). The van der Waals surface area contributed by atoms with Crippen LogP contribution in [0.3, 0.4) is 0 Å². The van der Waals surface area contributed by atoms with Gasteiger partial charge in [-0.25, -0.2) is 0 Å². The van der Waals surface area contributed by atoms with E-state index >= 15 is 0 Å². The van der Waals surface area contributed by atoms with Gasteiger partial charge in [0.15, 0.2) is 0 Å². The summed E-state index contributed by atoms with van der Waals surface area (Å²) >= 11 is 8.96. The molecule has 1 aromatic rings. The van der Waals surface area contributed by atoms with Crippen LogP contribution in [0.15, 0.2) is 11.4 Å². The lowest BCUT2D eigenvalue weighted by Crippen LogP contribution is -2.54. The zero-order valence-corrected chi connectivity index (χ0v) is 15.1. The molecule has 0 radical (unpaired) electrons. The number of carbonyl (C=O) groups excluding carboxylic acids is 1. The Morgan fingerprint density at radius 3 is 2.60 bits per heavy atom. The minimum atomic E-state index is 0.132. The first-order chi connectivity index (χ1) is 9.52. The fourth-order valence-electron chi connectivity index (χ4n) is 2.48. The third kappa shape index (κ3) is 3.69. The van der Waals surface area contributed by atoms with Crippen LogP contribution in [0.25, 0.3) is 0 Å². The predicted octanol–water partition coefficient (Wildman–Crippen LogP) is 2.18. The summed E-state index contributed by atoms with van der Waals surface area (Å²) < 4.78 is 1.14. The summed E-state index contributed by atoms with van der Waals surface area (Å²) in [5.41, 5.74) is 6.58. The maximum absolute atomic E-state index is 12.4. The van der Waals surface area contributed by atoms with Gasteiger partial charge in [0.25, 0.3) is 5.91 Å². The lowest BCUT2D eigenvalue weighted by atomic mass is 10.1. The van der Waals surface area contributed by atoms with Crippen molar-refractivity contribution in [1.82, 2.24) is 9.80 Å². The van der Waals surface area contributed by atoms with Gasteiger partial charge in [-0.3, -0.25) is 9.69 Å². The topological polar surface area (TPSA) is 49.6 Å². The number of thiophene rings is 1. The molecule has 0 aliphatic carbocycles. The molecule has 0 spiro atoms. The molecular formula is C13H18IN3OS2. The van der Waals surface area contributed by atoms with Gasteiger partial charge in [-0.05, 0) is 35.1 Å². The first-order valence-corrected chi connectivity index (χ1v) is 8.96. The number of piperazine rings is 1. The predicted molar refractivity (Wildman–Crippen MR) is 95.4 cm³/mol. The normalized spacial score (nSPS) is 18.0. The molecule has 1 aliphatic rings. The Morgan fingerprint density at radius 1 is 1.50 bits per heavy atom. The van der Waals surface area contributed by atoms with Crippen molar-refractivity contribution in [2.45, 2.75) is 19.4 Å². The Morgan fingerprint density at radius 2 is 2.15 bits per heavy atom. The SMILES string of the molecule is CCC(C(N)=S)N1CCN(C(=O)c2csc(I)c2)CC1. The van der Waals surface area contributed by atoms with E-state index in [2.05, 4.69) is 34.4 Å². The third-order valence-electron chi connectivity index (χ3n) is 3.57. The molecule has 2 rings (SSSR count). The maximum atomic E-state index is 12.4. The van der Waals surface area contributed by atoms with Gasteiger partial charge in [0.1, 0.15) is 0 Å². The van der Waals surface area contributed by atoms with E-state index in [1.54, 1.807) is 11.3 Å². The van der Waals surface area contributed by atoms with Crippen molar-refractivity contribution in [2.75, 3.05) is 26.2 Å². The largest absolute Gasteiger partial charge is 0.392 e. The van der Waals surface area contributed by atoms with Crippen LogP contribution in [0.2, 0.25) is 0 Å². The zero-order valence-electron chi connectivity index (χ0n) is 11.3. The molecule has 1 unspecified atom stereocenters. The molecular weight excluding hydrogens is 405 g/mol. The smallest absolute Gasteiger partial charge is 0.254 e. The minimum absolute atomic E-state index is 0.132. The molecule has 0 aromatic carbocycles. The second kappa shape index (κ2) is 7.15. The van der Waals surface area contributed by atoms with Crippen molar-refractivity contribution < 1.29 is 4.79 Å². The minimum Gasteiger partial charge on any atom is -0.392 e. The van der Waals surface area contributed by atoms with E-state index < -0.39 is 0 Å². The lowest BCUT2D eigenvalue weighted by molar-refractivity contribution is 0.0612. The van der Waals surface area contributed by atoms with E-state index in [1.807, 2.05) is 16.3 Å². The highest BCUT2D eigenvalue weighted by Crippen LogP contribution is 2.19. The molecule has 0 bridgehead atoms. The van der Waals surface area contributed by atoms with Crippen LogP contribution < -0.4 is 5.73 Å². The lowest BCUT2D eigenvalue weighted by Gasteiger charge is -2.38. The Bertz CT molecular complexity index is 498. The molecule has 1 aromatic heterocycles. The first kappa shape index (κ1) is 16.1. The van der Waals surface area contributed by atoms with Crippen molar-refractivity contribution in [3.8, 4) is 0 Å². The van der Waals surface area contributed by atoms with Gasteiger partial charge in [0.2, 0.25) is 0 Å². The highest BCUT2D eigenvalue weighted by Gasteiger charge is 2.27. The number of hydrogen-bond donors (Lipinski definition) is 1. The van der Waals surface area contributed by atoms with Crippen LogP contribution in [-0.4, -0.2) is 52.9 Å². The molecule has 1 amide bonds. The second-order valence-corrected chi connectivity index (χ2v) is 8.07. The van der Waals surface area contributed by atoms with Gasteiger partial charge >= 0.3 is 0 Å². The average molecular weight is 423 g/mol. The van der Waals surface area contributed by atoms with E-state index in [1.165, 1.54) is 0 Å². The molecule has 7 heteroatoms. The number of amides is 1. The molecule has 2 heterocycles. The molecule has 1 atom stereocenters. The number of halogens is 1. The van der Waals surface area contributed by atoms with Crippen LogP contribution in [0.5, 0.6) is 0 Å². The van der Waals surface area contributed by atoms with Crippen LogP contribution in [0, 0.1) is 2.88 Å². The van der Waals surface area contributed by atoms with E-state index in [4.69, 9.17) is 18.0 Å². The Labute approximate surface area is 142 Å². The molecule has 110 valence electrons. The number of rotatable bonds is 4. The third-order valence-corrected chi connectivity index (χ3v) is 5.63. The van der Waals surface area contributed by atoms with E-state index in [0.29, 0.717) is 4.99 Å². The van der Waals surface area contributed by atoms with Crippen molar-refractivity contribution in [3.63, 3.8) is 0 Å². The van der Waals surface area contributed by atoms with Crippen molar-refractivity contribution in [3.05, 3.63) is 19.9 Å². The molecule has 1 saturated heterocycles. The maximum Gasteiger partial charge on any atom is 0.254 e. The Balaban J connectivity index is 1.94. The van der Waals surface area contributed by atoms with Crippen LogP contribution >= 0.6 is 46.1 Å². The zero-order chi connectivity index (χ0) is 14.7. The molecule has 1 aliphatic heterocycles. The number of hydrogen-bond acceptors (Lipinski definition) is 4. The molecule has 20 heavy (non-hydrogen) atoms. The van der Waals surface area contributed by atoms with Gasteiger partial charge in [0.05, 0.1) is 19.5 Å². The fraction of sp³-hybridized carbons (Fsp3) is 0.538. The summed E-state index contributed by atoms with van der Waals surface area (Å²) in [6.07, 6.45) is 0.923. The Kier molecular flexibility index (Phi) is 5.76. The van der Waals surface area contributed by atoms with Crippen LogP contribution in [-0.2, 0) is 0 Å². The van der Waals surface area contributed by atoms with Crippen molar-refractivity contribution in [2.24, 2.45) is 5.73 Å². The average Bonchev–Trinajstić information content (AvgIpc) is 2.86. The van der Waals surface area contributed by atoms with Gasteiger partial charge in [-0.15, -0.1) is 11.3 Å². The van der Waals surface area contributed by atoms with Gasteiger partial charge in [0, 0.05) is 31.6 Å². The summed E-state index contributed by atoms with van der Waals surface area (Å²) in [6.45, 7) is 5.25.